The van der Waals surface area contributed by atoms with Gasteiger partial charge in [0.05, 0.1) is 5.56 Å². The Morgan fingerprint density at radius 2 is 1.64 bits per heavy atom. The summed E-state index contributed by atoms with van der Waals surface area (Å²) in [5, 5.41) is 15.5. The van der Waals surface area contributed by atoms with E-state index in [-0.39, 0.29) is 11.0 Å². The second-order valence-corrected chi connectivity index (χ2v) is 7.65. The van der Waals surface area contributed by atoms with Gasteiger partial charge in [-0.3, -0.25) is 0 Å². The van der Waals surface area contributed by atoms with Crippen molar-refractivity contribution < 1.29 is 9.90 Å². The van der Waals surface area contributed by atoms with Crippen molar-refractivity contribution in [2.24, 2.45) is 0 Å². The van der Waals surface area contributed by atoms with E-state index in [2.05, 4.69) is 47.4 Å². The predicted molar refractivity (Wildman–Crippen MR) is 112 cm³/mol. The zero-order chi connectivity index (χ0) is 20.3. The number of aromatic nitrogens is 2. The molecule has 0 radical (unpaired) electrons. The molecule has 144 valence electrons. The molecule has 3 rings (SSSR count). The zero-order valence-corrected chi connectivity index (χ0v) is 16.4. The van der Waals surface area contributed by atoms with Crippen LogP contribution in [0.3, 0.4) is 0 Å². The first-order valence-electron chi connectivity index (χ1n) is 9.05. The van der Waals surface area contributed by atoms with Crippen LogP contribution in [0.4, 0.5) is 23.1 Å². The molecule has 0 amide bonds. The molecule has 3 N–H and O–H groups in total. The Morgan fingerprint density at radius 3 is 2.29 bits per heavy atom. The van der Waals surface area contributed by atoms with Crippen molar-refractivity contribution in [1.29, 1.82) is 0 Å². The number of nitrogens with one attached hydrogen (secondary N) is 2. The topological polar surface area (TPSA) is 87.1 Å². The molecule has 0 unspecified atom stereocenters. The summed E-state index contributed by atoms with van der Waals surface area (Å²) in [4.78, 5) is 20.0. The summed E-state index contributed by atoms with van der Waals surface area (Å²) < 4.78 is 0. The van der Waals surface area contributed by atoms with Crippen LogP contribution in [-0.4, -0.2) is 21.0 Å². The van der Waals surface area contributed by atoms with E-state index in [1.165, 1.54) is 5.56 Å². The van der Waals surface area contributed by atoms with Crippen molar-refractivity contribution in [2.45, 2.75) is 33.1 Å². The molecule has 0 aliphatic carbocycles. The van der Waals surface area contributed by atoms with Crippen LogP contribution in [-0.2, 0) is 5.41 Å². The lowest BCUT2D eigenvalue weighted by Gasteiger charge is -2.23. The first kappa shape index (κ1) is 19.4. The van der Waals surface area contributed by atoms with Crippen molar-refractivity contribution in [3.05, 3.63) is 71.4 Å². The van der Waals surface area contributed by atoms with Crippen LogP contribution in [0.15, 0.2) is 54.6 Å². The Kier molecular flexibility index (Phi) is 5.31. The summed E-state index contributed by atoms with van der Waals surface area (Å²) in [6.45, 7) is 8.40. The number of nitrogens with zero attached hydrogens (tertiary/aromatic N) is 2. The number of benzene rings is 2. The Morgan fingerprint density at radius 1 is 0.964 bits per heavy atom. The fraction of sp³-hybridized carbons (Fsp3) is 0.227. The fourth-order valence-electron chi connectivity index (χ4n) is 2.90. The van der Waals surface area contributed by atoms with Crippen LogP contribution in [0.5, 0.6) is 0 Å². The van der Waals surface area contributed by atoms with Crippen molar-refractivity contribution in [2.75, 3.05) is 10.6 Å². The third-order valence-electron chi connectivity index (χ3n) is 4.24. The molecule has 0 spiro atoms. The molecule has 0 saturated heterocycles. The van der Waals surface area contributed by atoms with Gasteiger partial charge in [0.25, 0.3) is 0 Å². The number of anilines is 4. The van der Waals surface area contributed by atoms with Gasteiger partial charge in [0.1, 0.15) is 5.82 Å². The third kappa shape index (κ3) is 4.65. The lowest BCUT2D eigenvalue weighted by Crippen LogP contribution is -2.14. The molecule has 0 bridgehead atoms. The number of aryl methyl sites for hydroxylation is 1. The number of aromatic carboxylic acids is 1. The van der Waals surface area contributed by atoms with Crippen LogP contribution in [0.2, 0.25) is 0 Å². The van der Waals surface area contributed by atoms with Crippen LogP contribution in [0, 0.1) is 6.92 Å². The number of hydrogen-bond donors (Lipinski definition) is 3. The number of carboxylic acids is 1. The first-order chi connectivity index (χ1) is 13.2. The average Bonchev–Trinajstić information content (AvgIpc) is 2.61. The van der Waals surface area contributed by atoms with Crippen molar-refractivity contribution in [3.8, 4) is 0 Å². The van der Waals surface area contributed by atoms with Crippen LogP contribution in [0.1, 0.15) is 42.4 Å². The highest BCUT2D eigenvalue weighted by Crippen LogP contribution is 2.31. The number of rotatable bonds is 5. The Bertz CT molecular complexity index is 992. The normalized spacial score (nSPS) is 11.1. The summed E-state index contributed by atoms with van der Waals surface area (Å²) in [7, 11) is 0. The molecule has 2 aromatic carbocycles. The Hall–Kier alpha value is -3.41. The van der Waals surface area contributed by atoms with Crippen molar-refractivity contribution in [1.82, 2.24) is 9.97 Å². The van der Waals surface area contributed by atoms with Gasteiger partial charge in [0.2, 0.25) is 5.95 Å². The van der Waals surface area contributed by atoms with Crippen molar-refractivity contribution >= 4 is 29.1 Å². The monoisotopic (exact) mass is 376 g/mol. The molecular formula is C22H24N4O2. The van der Waals surface area contributed by atoms with E-state index < -0.39 is 5.97 Å². The molecule has 1 aromatic heterocycles. The lowest BCUT2D eigenvalue weighted by molar-refractivity contribution is 0.0697. The number of carboxylic acid groups (broad SMARTS) is 1. The minimum absolute atomic E-state index is 0.0135. The smallest absolute Gasteiger partial charge is 0.335 e. The van der Waals surface area contributed by atoms with Gasteiger partial charge in [-0.1, -0.05) is 39.0 Å². The quantitative estimate of drug-likeness (QED) is 0.562. The summed E-state index contributed by atoms with van der Waals surface area (Å²) in [6, 6.07) is 16.5. The summed E-state index contributed by atoms with van der Waals surface area (Å²) in [5.41, 5.74) is 3.95. The third-order valence-corrected chi connectivity index (χ3v) is 4.24. The number of carbonyl (C=O) groups is 1. The van der Waals surface area contributed by atoms with E-state index in [4.69, 9.17) is 5.11 Å². The van der Waals surface area contributed by atoms with E-state index in [1.54, 1.807) is 24.3 Å². The van der Waals surface area contributed by atoms with Gasteiger partial charge >= 0.3 is 5.97 Å². The molecule has 6 nitrogen and oxygen atoms in total. The molecule has 0 aliphatic rings. The molecule has 3 aromatic rings. The lowest BCUT2D eigenvalue weighted by atomic mass is 9.86. The van der Waals surface area contributed by atoms with E-state index >= 15 is 0 Å². The Labute approximate surface area is 164 Å². The molecule has 1 heterocycles. The molecule has 0 fully saturated rings. The van der Waals surface area contributed by atoms with E-state index in [1.807, 2.05) is 31.2 Å². The highest BCUT2D eigenvalue weighted by Gasteiger charge is 2.18. The molecule has 6 heteroatoms. The SMILES string of the molecule is Cc1cc(Nc2ccc(C(=O)O)cc2)nc(Nc2ccccc2C(C)(C)C)n1. The minimum Gasteiger partial charge on any atom is -0.478 e. The molecule has 28 heavy (non-hydrogen) atoms. The minimum atomic E-state index is -0.951. The van der Waals surface area contributed by atoms with Gasteiger partial charge in [-0.05, 0) is 48.2 Å². The number of para-hydroxylation sites is 1. The van der Waals surface area contributed by atoms with E-state index in [9.17, 15) is 4.79 Å². The van der Waals surface area contributed by atoms with Gasteiger partial charge in [-0.25, -0.2) is 9.78 Å². The van der Waals surface area contributed by atoms with Gasteiger partial charge in [0, 0.05) is 23.1 Å². The maximum Gasteiger partial charge on any atom is 0.335 e. The molecular weight excluding hydrogens is 352 g/mol. The van der Waals surface area contributed by atoms with Crippen molar-refractivity contribution in [3.63, 3.8) is 0 Å². The maximum atomic E-state index is 11.0. The van der Waals surface area contributed by atoms with Gasteiger partial charge in [-0.15, -0.1) is 0 Å². The van der Waals surface area contributed by atoms with E-state index in [0.717, 1.165) is 17.1 Å². The maximum absolute atomic E-state index is 11.0. The number of hydrogen-bond acceptors (Lipinski definition) is 5. The van der Waals surface area contributed by atoms with Crippen LogP contribution < -0.4 is 10.6 Å². The Balaban J connectivity index is 1.85. The van der Waals surface area contributed by atoms with E-state index in [0.29, 0.717) is 11.8 Å². The fourth-order valence-corrected chi connectivity index (χ4v) is 2.90. The summed E-state index contributed by atoms with van der Waals surface area (Å²) >= 11 is 0. The van der Waals surface area contributed by atoms with Gasteiger partial charge in [0.15, 0.2) is 0 Å². The van der Waals surface area contributed by atoms with Crippen LogP contribution >= 0.6 is 0 Å². The highest BCUT2D eigenvalue weighted by atomic mass is 16.4. The summed E-state index contributed by atoms with van der Waals surface area (Å²) in [5.74, 6) is 0.182. The zero-order valence-electron chi connectivity index (χ0n) is 16.4. The largest absolute Gasteiger partial charge is 0.478 e. The summed E-state index contributed by atoms with van der Waals surface area (Å²) in [6.07, 6.45) is 0. The standard InChI is InChI=1S/C22H24N4O2/c1-14-13-19(24-16-11-9-15(10-12-16)20(27)28)26-21(23-14)25-18-8-6-5-7-17(18)22(2,3)4/h5-13H,1-4H3,(H,27,28)(H2,23,24,25,26). The highest BCUT2D eigenvalue weighted by molar-refractivity contribution is 5.88. The van der Waals surface area contributed by atoms with Gasteiger partial charge in [-0.2, -0.15) is 4.98 Å². The molecule has 0 aliphatic heterocycles. The second kappa shape index (κ2) is 7.68. The second-order valence-electron chi connectivity index (χ2n) is 7.65. The van der Waals surface area contributed by atoms with Gasteiger partial charge < -0.3 is 15.7 Å². The average molecular weight is 376 g/mol. The first-order valence-corrected chi connectivity index (χ1v) is 9.05. The predicted octanol–water partition coefficient (Wildman–Crippen LogP) is 5.27. The molecule has 0 saturated carbocycles. The van der Waals surface area contributed by atoms with Crippen LogP contribution in [0.25, 0.3) is 0 Å². The molecule has 0 atom stereocenters.